The number of nitrogens with zero attached hydrogens (tertiary/aromatic N) is 2. The molecular formula is C37H24N4O3. The fourth-order valence-corrected chi connectivity index (χ4v) is 6.21. The maximum absolute atomic E-state index is 12.0. The Morgan fingerprint density at radius 1 is 0.500 bits per heavy atom. The normalized spacial score (nSPS) is 13.8. The lowest BCUT2D eigenvalue weighted by atomic mass is 10.1. The van der Waals surface area contributed by atoms with Gasteiger partial charge in [0.1, 0.15) is 5.57 Å². The summed E-state index contributed by atoms with van der Waals surface area (Å²) in [6, 6.07) is 39.4. The fourth-order valence-electron chi connectivity index (χ4n) is 6.21. The highest BCUT2D eigenvalue weighted by Crippen LogP contribution is 2.35. The molecule has 0 spiro atoms. The monoisotopic (exact) mass is 572 g/mol. The number of imide groups is 2. The van der Waals surface area contributed by atoms with Crippen molar-refractivity contribution in [1.29, 1.82) is 0 Å². The summed E-state index contributed by atoms with van der Waals surface area (Å²) in [6.45, 7) is 0. The molecule has 1 fully saturated rings. The Hall–Kier alpha value is -6.21. The average Bonchev–Trinajstić information content (AvgIpc) is 3.55. The van der Waals surface area contributed by atoms with Crippen LogP contribution in [0.1, 0.15) is 5.56 Å². The lowest BCUT2D eigenvalue weighted by Crippen LogP contribution is -2.51. The number of fused-ring (bicyclic) bond motifs is 6. The van der Waals surface area contributed by atoms with E-state index in [-0.39, 0.29) is 5.57 Å². The van der Waals surface area contributed by atoms with E-state index in [2.05, 4.69) is 117 Å². The molecule has 2 aromatic heterocycles. The molecule has 0 saturated carbocycles. The maximum atomic E-state index is 12.0. The summed E-state index contributed by atoms with van der Waals surface area (Å²) < 4.78 is 4.58. The first kappa shape index (κ1) is 25.5. The van der Waals surface area contributed by atoms with Gasteiger partial charge in [-0.25, -0.2) is 4.79 Å². The number of aromatic nitrogens is 2. The number of hydrogen-bond acceptors (Lipinski definition) is 3. The summed E-state index contributed by atoms with van der Waals surface area (Å²) in [5.41, 5.74) is 7.44. The van der Waals surface area contributed by atoms with Gasteiger partial charge in [0.15, 0.2) is 0 Å². The molecule has 0 aliphatic carbocycles. The minimum atomic E-state index is -0.815. The zero-order valence-electron chi connectivity index (χ0n) is 23.3. The molecule has 7 heteroatoms. The minimum absolute atomic E-state index is 0.122. The van der Waals surface area contributed by atoms with Gasteiger partial charge in [-0.15, -0.1) is 0 Å². The van der Waals surface area contributed by atoms with Gasteiger partial charge in [0.2, 0.25) is 0 Å². The molecule has 5 aromatic carbocycles. The Labute approximate surface area is 251 Å². The Morgan fingerprint density at radius 3 is 1.48 bits per heavy atom. The van der Waals surface area contributed by atoms with Crippen molar-refractivity contribution in [1.82, 2.24) is 19.8 Å². The molecular weight excluding hydrogens is 548 g/mol. The second kappa shape index (κ2) is 9.96. The van der Waals surface area contributed by atoms with Gasteiger partial charge in [-0.05, 0) is 66.2 Å². The second-order valence-electron chi connectivity index (χ2n) is 10.7. The van der Waals surface area contributed by atoms with Crippen molar-refractivity contribution in [3.63, 3.8) is 0 Å². The fraction of sp³-hybridized carbons (Fsp3) is 0. The van der Waals surface area contributed by atoms with Crippen LogP contribution in [0.3, 0.4) is 0 Å². The molecule has 8 rings (SSSR count). The highest BCUT2D eigenvalue weighted by molar-refractivity contribution is 6.29. The van der Waals surface area contributed by atoms with E-state index in [0.717, 1.165) is 38.7 Å². The summed E-state index contributed by atoms with van der Waals surface area (Å²) in [5, 5.41) is 8.83. The Balaban J connectivity index is 1.20. The molecule has 0 bridgehead atoms. The third kappa shape index (κ3) is 4.02. The molecule has 1 saturated heterocycles. The molecule has 1 aliphatic heterocycles. The van der Waals surface area contributed by atoms with E-state index < -0.39 is 17.8 Å². The molecule has 210 valence electrons. The molecule has 0 atom stereocenters. The summed E-state index contributed by atoms with van der Waals surface area (Å²) in [4.78, 5) is 35.4. The van der Waals surface area contributed by atoms with E-state index >= 15 is 0 Å². The number of nitrogens with one attached hydrogen (secondary N) is 2. The van der Waals surface area contributed by atoms with Crippen LogP contribution in [0.5, 0.6) is 0 Å². The zero-order valence-corrected chi connectivity index (χ0v) is 23.3. The number of para-hydroxylation sites is 3. The van der Waals surface area contributed by atoms with Gasteiger partial charge in [-0.3, -0.25) is 20.2 Å². The number of benzene rings is 5. The number of hydrogen-bond donors (Lipinski definition) is 2. The lowest BCUT2D eigenvalue weighted by Gasteiger charge is -2.13. The summed E-state index contributed by atoms with van der Waals surface area (Å²) in [5.74, 6) is -1.43. The second-order valence-corrected chi connectivity index (χ2v) is 10.7. The van der Waals surface area contributed by atoms with Crippen molar-refractivity contribution >= 4 is 67.5 Å². The molecule has 0 unspecified atom stereocenters. The molecule has 4 amide bonds. The van der Waals surface area contributed by atoms with Crippen LogP contribution in [0.2, 0.25) is 0 Å². The third-order valence-corrected chi connectivity index (χ3v) is 8.14. The van der Waals surface area contributed by atoms with Gasteiger partial charge in [-0.2, -0.15) is 0 Å². The first-order chi connectivity index (χ1) is 21.6. The van der Waals surface area contributed by atoms with Crippen LogP contribution in [-0.2, 0) is 9.59 Å². The molecule has 2 N–H and O–H groups in total. The van der Waals surface area contributed by atoms with Crippen LogP contribution in [0.4, 0.5) is 4.79 Å². The standard InChI is InChI=1S/C37H24N4O3/c42-35-29(36(43)39-37(44)38-35)12-7-8-23-16-21-34-30(22-23)28-11-3-6-15-33(28)41(34)25-19-17-24(18-20-25)40-31-13-4-1-9-26(31)27-10-2-5-14-32(27)40/h1-22H,(H2,38,39,42,43,44). The molecule has 44 heavy (non-hydrogen) atoms. The van der Waals surface area contributed by atoms with E-state index in [1.54, 1.807) is 6.08 Å². The maximum Gasteiger partial charge on any atom is 0.328 e. The van der Waals surface area contributed by atoms with Crippen LogP contribution in [0.25, 0.3) is 61.1 Å². The number of carbonyl (C=O) groups excluding carboxylic acids is 3. The number of allylic oxidation sites excluding steroid dienone is 2. The average molecular weight is 573 g/mol. The molecule has 7 nitrogen and oxygen atoms in total. The Kier molecular flexibility index (Phi) is 5.77. The van der Waals surface area contributed by atoms with E-state index in [0.29, 0.717) is 0 Å². The van der Waals surface area contributed by atoms with Crippen LogP contribution < -0.4 is 10.6 Å². The molecule has 1 aliphatic rings. The highest BCUT2D eigenvalue weighted by Gasteiger charge is 2.27. The topological polar surface area (TPSA) is 85.1 Å². The third-order valence-electron chi connectivity index (χ3n) is 8.14. The van der Waals surface area contributed by atoms with Gasteiger partial charge in [0.25, 0.3) is 11.8 Å². The predicted octanol–water partition coefficient (Wildman–Crippen LogP) is 7.19. The predicted molar refractivity (Wildman–Crippen MR) is 174 cm³/mol. The minimum Gasteiger partial charge on any atom is -0.309 e. The van der Waals surface area contributed by atoms with Crippen LogP contribution in [0, 0.1) is 0 Å². The molecule has 0 radical (unpaired) electrons. The van der Waals surface area contributed by atoms with Gasteiger partial charge in [-0.1, -0.05) is 72.8 Å². The Bertz CT molecular complexity index is 2310. The van der Waals surface area contributed by atoms with Gasteiger partial charge in [0.05, 0.1) is 22.1 Å². The largest absolute Gasteiger partial charge is 0.328 e. The van der Waals surface area contributed by atoms with Gasteiger partial charge in [0, 0.05) is 32.9 Å². The van der Waals surface area contributed by atoms with E-state index in [9.17, 15) is 14.4 Å². The van der Waals surface area contributed by atoms with Crippen LogP contribution in [0.15, 0.2) is 133 Å². The lowest BCUT2D eigenvalue weighted by molar-refractivity contribution is -0.124. The zero-order chi connectivity index (χ0) is 29.8. The van der Waals surface area contributed by atoms with Crippen molar-refractivity contribution in [2.24, 2.45) is 0 Å². The number of carbonyl (C=O) groups is 3. The van der Waals surface area contributed by atoms with Crippen LogP contribution in [-0.4, -0.2) is 27.0 Å². The van der Waals surface area contributed by atoms with E-state index in [4.69, 9.17) is 0 Å². The smallest absolute Gasteiger partial charge is 0.309 e. The summed E-state index contributed by atoms with van der Waals surface area (Å²) >= 11 is 0. The first-order valence-electron chi connectivity index (χ1n) is 14.2. The number of amides is 4. The van der Waals surface area contributed by atoms with Gasteiger partial charge < -0.3 is 9.13 Å². The van der Waals surface area contributed by atoms with Crippen molar-refractivity contribution in [2.45, 2.75) is 0 Å². The molecule has 3 heterocycles. The first-order valence-corrected chi connectivity index (χ1v) is 14.2. The quantitative estimate of drug-likeness (QED) is 0.173. The Morgan fingerprint density at radius 2 is 0.955 bits per heavy atom. The number of urea groups is 1. The van der Waals surface area contributed by atoms with E-state index in [1.165, 1.54) is 27.9 Å². The highest BCUT2D eigenvalue weighted by atomic mass is 16.2. The van der Waals surface area contributed by atoms with Crippen molar-refractivity contribution in [3.05, 3.63) is 139 Å². The number of rotatable bonds is 4. The van der Waals surface area contributed by atoms with Crippen molar-refractivity contribution in [3.8, 4) is 11.4 Å². The van der Waals surface area contributed by atoms with Gasteiger partial charge >= 0.3 is 6.03 Å². The van der Waals surface area contributed by atoms with Crippen LogP contribution >= 0.6 is 0 Å². The van der Waals surface area contributed by atoms with E-state index in [1.807, 2.05) is 24.3 Å². The SMILES string of the molecule is O=C1NC(=O)C(=CC=Cc2ccc3c(c2)c2ccccc2n3-c2ccc(-n3c4ccccc4c4ccccc43)cc2)C(=O)N1. The molecule has 7 aromatic rings. The number of barbiturate groups is 1. The van der Waals surface area contributed by atoms with Crippen molar-refractivity contribution < 1.29 is 14.4 Å². The summed E-state index contributed by atoms with van der Waals surface area (Å²) in [6.07, 6.45) is 4.87. The van der Waals surface area contributed by atoms with Crippen molar-refractivity contribution in [2.75, 3.05) is 0 Å². The summed E-state index contributed by atoms with van der Waals surface area (Å²) in [7, 11) is 0.